The van der Waals surface area contributed by atoms with E-state index < -0.39 is 11.5 Å². The average Bonchev–Trinajstić information content (AvgIpc) is 3.49. The third-order valence-corrected chi connectivity index (χ3v) is 7.35. The average molecular weight is 461 g/mol. The third kappa shape index (κ3) is 2.84. The van der Waals surface area contributed by atoms with Gasteiger partial charge < -0.3 is 14.8 Å². The number of amides is 1. The zero-order valence-electron chi connectivity index (χ0n) is 17.9. The van der Waals surface area contributed by atoms with Crippen LogP contribution in [0.4, 0.5) is 5.69 Å². The van der Waals surface area contributed by atoms with Crippen LogP contribution in [-0.4, -0.2) is 37.0 Å². The zero-order chi connectivity index (χ0) is 22.7. The van der Waals surface area contributed by atoms with Gasteiger partial charge in [-0.25, -0.2) is 0 Å². The monoisotopic (exact) mass is 460 g/mol. The van der Waals surface area contributed by atoms with Gasteiger partial charge in [-0.2, -0.15) is 0 Å². The van der Waals surface area contributed by atoms with Crippen LogP contribution in [0.25, 0.3) is 0 Å². The number of ketones is 1. The van der Waals surface area contributed by atoms with Gasteiger partial charge in [0.25, 0.3) is 0 Å². The lowest BCUT2D eigenvalue weighted by Crippen LogP contribution is -2.51. The van der Waals surface area contributed by atoms with Crippen molar-refractivity contribution in [1.29, 1.82) is 0 Å². The van der Waals surface area contributed by atoms with Gasteiger partial charge >= 0.3 is 0 Å². The number of fused-ring (bicyclic) bond motifs is 3. The molecular formula is C26H21ClN2O4. The molecule has 7 heteroatoms. The minimum Gasteiger partial charge on any atom is -0.454 e. The van der Waals surface area contributed by atoms with Crippen LogP contribution in [0.2, 0.25) is 5.02 Å². The summed E-state index contributed by atoms with van der Waals surface area (Å²) in [6.45, 7) is 0.677. The fraction of sp³-hybridized carbons (Fsp3) is 0.231. The predicted molar refractivity (Wildman–Crippen MR) is 124 cm³/mol. The quantitative estimate of drug-likeness (QED) is 0.585. The van der Waals surface area contributed by atoms with Crippen LogP contribution < -0.4 is 14.8 Å². The summed E-state index contributed by atoms with van der Waals surface area (Å²) in [5, 5.41) is 3.65. The SMILES string of the molecule is CN1C[C@H](c2ccc(Cl)cc2)C(C(=O)c2ccc3c(c2)OCO3)[C@]12C(=O)Nc1ccccc12. The van der Waals surface area contributed by atoms with Gasteiger partial charge in [-0.1, -0.05) is 41.9 Å². The first kappa shape index (κ1) is 20.3. The molecule has 1 spiro atoms. The number of halogens is 1. The van der Waals surface area contributed by atoms with Crippen molar-refractivity contribution in [2.45, 2.75) is 11.5 Å². The maximum Gasteiger partial charge on any atom is 0.250 e. The summed E-state index contributed by atoms with van der Waals surface area (Å²) >= 11 is 6.14. The molecule has 0 saturated carbocycles. The number of Topliss-reactive ketones (excluding diaryl/α,β-unsaturated/α-hetero) is 1. The van der Waals surface area contributed by atoms with Crippen molar-refractivity contribution in [3.63, 3.8) is 0 Å². The van der Waals surface area contributed by atoms with Crippen molar-refractivity contribution in [3.8, 4) is 11.5 Å². The van der Waals surface area contributed by atoms with E-state index in [1.165, 1.54) is 0 Å². The molecule has 6 nitrogen and oxygen atoms in total. The normalized spacial score (nSPS) is 25.3. The van der Waals surface area contributed by atoms with Gasteiger partial charge in [0.1, 0.15) is 5.54 Å². The van der Waals surface area contributed by atoms with Gasteiger partial charge in [-0.05, 0) is 49.0 Å². The highest BCUT2D eigenvalue weighted by Crippen LogP contribution is 2.55. The molecule has 0 aromatic heterocycles. The lowest BCUT2D eigenvalue weighted by atomic mass is 9.70. The molecule has 166 valence electrons. The molecule has 1 fully saturated rings. The van der Waals surface area contributed by atoms with Crippen LogP contribution in [0.5, 0.6) is 11.5 Å². The Morgan fingerprint density at radius 2 is 1.82 bits per heavy atom. The first-order valence-electron chi connectivity index (χ1n) is 10.8. The molecule has 0 radical (unpaired) electrons. The Morgan fingerprint density at radius 3 is 2.64 bits per heavy atom. The van der Waals surface area contributed by atoms with Crippen LogP contribution in [0.1, 0.15) is 27.4 Å². The molecule has 1 saturated heterocycles. The van der Waals surface area contributed by atoms with Gasteiger partial charge in [-0.15, -0.1) is 0 Å². The van der Waals surface area contributed by atoms with Crippen molar-refractivity contribution in [2.24, 2.45) is 5.92 Å². The molecule has 0 aliphatic carbocycles. The maximum atomic E-state index is 14.2. The number of hydrogen-bond donors (Lipinski definition) is 1. The van der Waals surface area contributed by atoms with Crippen LogP contribution in [0.15, 0.2) is 66.7 Å². The van der Waals surface area contributed by atoms with Crippen LogP contribution >= 0.6 is 11.6 Å². The number of benzene rings is 3. The van der Waals surface area contributed by atoms with Gasteiger partial charge in [0.2, 0.25) is 12.7 Å². The number of likely N-dealkylation sites (tertiary alicyclic amines) is 1. The van der Waals surface area contributed by atoms with Crippen molar-refractivity contribution in [1.82, 2.24) is 4.90 Å². The Balaban J connectivity index is 1.54. The van der Waals surface area contributed by atoms with E-state index >= 15 is 0 Å². The molecule has 3 aromatic carbocycles. The Hall–Kier alpha value is -3.35. The fourth-order valence-corrected chi connectivity index (χ4v) is 5.76. The molecule has 6 rings (SSSR count). The number of ether oxygens (including phenoxy) is 2. The summed E-state index contributed by atoms with van der Waals surface area (Å²) in [4.78, 5) is 29.9. The Labute approximate surface area is 196 Å². The van der Waals surface area contributed by atoms with Crippen molar-refractivity contribution in [2.75, 3.05) is 25.7 Å². The number of rotatable bonds is 3. The van der Waals surface area contributed by atoms with Crippen LogP contribution in [0.3, 0.4) is 0 Å². The highest BCUT2D eigenvalue weighted by Gasteiger charge is 2.64. The number of likely N-dealkylation sites (N-methyl/N-ethyl adjacent to an activating group) is 1. The summed E-state index contributed by atoms with van der Waals surface area (Å²) in [5.41, 5.74) is 1.92. The number of nitrogens with one attached hydrogen (secondary N) is 1. The fourth-order valence-electron chi connectivity index (χ4n) is 5.63. The zero-order valence-corrected chi connectivity index (χ0v) is 18.6. The molecule has 1 N–H and O–H groups in total. The minimum absolute atomic E-state index is 0.107. The van der Waals surface area contributed by atoms with Gasteiger partial charge in [0, 0.05) is 34.3 Å². The lowest BCUT2D eigenvalue weighted by molar-refractivity contribution is -0.126. The Kier molecular flexibility index (Phi) is 4.50. The predicted octanol–water partition coefficient (Wildman–Crippen LogP) is 4.44. The summed E-state index contributed by atoms with van der Waals surface area (Å²) in [6.07, 6.45) is 0. The summed E-state index contributed by atoms with van der Waals surface area (Å²) in [6, 6.07) is 20.4. The summed E-state index contributed by atoms with van der Waals surface area (Å²) in [7, 11) is 1.91. The van der Waals surface area contributed by atoms with E-state index in [0.29, 0.717) is 28.6 Å². The second kappa shape index (κ2) is 7.33. The summed E-state index contributed by atoms with van der Waals surface area (Å²) in [5.74, 6) is 0.0181. The largest absolute Gasteiger partial charge is 0.454 e. The molecule has 3 aromatic rings. The van der Waals surface area contributed by atoms with Crippen molar-refractivity contribution >= 4 is 29.0 Å². The number of anilines is 1. The molecule has 3 aliphatic heterocycles. The molecule has 1 amide bonds. The molecule has 33 heavy (non-hydrogen) atoms. The second-order valence-corrected chi connectivity index (χ2v) is 9.15. The van der Waals surface area contributed by atoms with E-state index in [1.807, 2.05) is 60.5 Å². The molecule has 3 atom stereocenters. The van der Waals surface area contributed by atoms with Crippen LogP contribution in [-0.2, 0) is 10.3 Å². The standard InChI is InChI=1S/C26H21ClN2O4/c1-29-13-18(15-6-9-17(27)10-7-15)23(24(30)16-8-11-21-22(12-16)33-14-32-21)26(29)19-4-2-3-5-20(19)28-25(26)31/h2-12,18,23H,13-14H2,1H3,(H,28,31)/t18-,23?,26-/m1/s1. The number of nitrogens with zero attached hydrogens (tertiary/aromatic N) is 1. The van der Waals surface area contributed by atoms with Gasteiger partial charge in [0.05, 0.1) is 5.92 Å². The molecule has 3 heterocycles. The number of para-hydroxylation sites is 1. The molecule has 0 bridgehead atoms. The van der Waals surface area contributed by atoms with Crippen molar-refractivity contribution in [3.05, 3.63) is 88.4 Å². The van der Waals surface area contributed by atoms with E-state index in [0.717, 1.165) is 16.8 Å². The lowest BCUT2D eigenvalue weighted by Gasteiger charge is -2.35. The van der Waals surface area contributed by atoms with E-state index in [4.69, 9.17) is 21.1 Å². The molecule has 1 unspecified atom stereocenters. The number of carbonyl (C=O) groups excluding carboxylic acids is 2. The number of carbonyl (C=O) groups is 2. The first-order valence-corrected chi connectivity index (χ1v) is 11.2. The highest BCUT2D eigenvalue weighted by atomic mass is 35.5. The molecule has 3 aliphatic rings. The number of hydrogen-bond acceptors (Lipinski definition) is 5. The third-order valence-electron chi connectivity index (χ3n) is 7.09. The van der Waals surface area contributed by atoms with E-state index in [1.54, 1.807) is 18.2 Å². The van der Waals surface area contributed by atoms with Gasteiger partial charge in [-0.3, -0.25) is 14.5 Å². The smallest absolute Gasteiger partial charge is 0.250 e. The highest BCUT2D eigenvalue weighted by molar-refractivity contribution is 6.30. The second-order valence-electron chi connectivity index (χ2n) is 8.71. The maximum absolute atomic E-state index is 14.2. The molecular weight excluding hydrogens is 440 g/mol. The van der Waals surface area contributed by atoms with Crippen LogP contribution in [0, 0.1) is 5.92 Å². The first-order chi connectivity index (χ1) is 16.0. The van der Waals surface area contributed by atoms with E-state index in [-0.39, 0.29) is 24.4 Å². The topological polar surface area (TPSA) is 67.9 Å². The van der Waals surface area contributed by atoms with Crippen molar-refractivity contribution < 1.29 is 19.1 Å². The van der Waals surface area contributed by atoms with E-state index in [9.17, 15) is 9.59 Å². The van der Waals surface area contributed by atoms with E-state index in [2.05, 4.69) is 5.32 Å². The Morgan fingerprint density at radius 1 is 1.06 bits per heavy atom. The minimum atomic E-state index is -1.12. The summed E-state index contributed by atoms with van der Waals surface area (Å²) < 4.78 is 10.9. The Bertz CT molecular complexity index is 1290. The van der Waals surface area contributed by atoms with Gasteiger partial charge in [0.15, 0.2) is 17.3 Å².